The minimum atomic E-state index is 0.00524. The smallest absolute Gasteiger partial charge is 0.0746 e. The van der Waals surface area contributed by atoms with Crippen molar-refractivity contribution < 1.29 is 5.11 Å². The lowest BCUT2D eigenvalue weighted by molar-refractivity contribution is 0.282. The van der Waals surface area contributed by atoms with Crippen molar-refractivity contribution in [1.82, 2.24) is 4.98 Å². The SMILES string of the molecule is Cc1cc(C)cc(-c2cncc(N)c2Nc2cccc(CO)c2)c1. The molecule has 0 aliphatic rings. The van der Waals surface area contributed by atoms with E-state index in [0.717, 1.165) is 28.1 Å². The maximum atomic E-state index is 9.31. The zero-order chi connectivity index (χ0) is 17.1. The van der Waals surface area contributed by atoms with Gasteiger partial charge in [-0.2, -0.15) is 0 Å². The topological polar surface area (TPSA) is 71.2 Å². The molecule has 0 atom stereocenters. The molecule has 122 valence electrons. The molecule has 0 spiro atoms. The monoisotopic (exact) mass is 319 g/mol. The van der Waals surface area contributed by atoms with E-state index in [0.29, 0.717) is 5.69 Å². The number of nitrogen functional groups attached to an aromatic ring is 1. The van der Waals surface area contributed by atoms with Crippen LogP contribution in [0.2, 0.25) is 0 Å². The average Bonchev–Trinajstić information content (AvgIpc) is 2.56. The average molecular weight is 319 g/mol. The number of hydrogen-bond donors (Lipinski definition) is 3. The van der Waals surface area contributed by atoms with Crippen molar-refractivity contribution >= 4 is 17.1 Å². The molecule has 0 aliphatic carbocycles. The molecule has 0 radical (unpaired) electrons. The fourth-order valence-corrected chi connectivity index (χ4v) is 2.86. The van der Waals surface area contributed by atoms with Crippen LogP contribution in [0.3, 0.4) is 0 Å². The second kappa shape index (κ2) is 6.72. The second-order valence-electron chi connectivity index (χ2n) is 6.01. The molecule has 0 saturated heterocycles. The van der Waals surface area contributed by atoms with Crippen molar-refractivity contribution in [1.29, 1.82) is 0 Å². The molecule has 0 fully saturated rings. The fraction of sp³-hybridized carbons (Fsp3) is 0.150. The highest BCUT2D eigenvalue weighted by molar-refractivity contribution is 5.88. The third-order valence-corrected chi connectivity index (χ3v) is 3.89. The Bertz CT molecular complexity index is 854. The van der Waals surface area contributed by atoms with Gasteiger partial charge in [0.2, 0.25) is 0 Å². The van der Waals surface area contributed by atoms with Gasteiger partial charge in [-0.15, -0.1) is 0 Å². The summed E-state index contributed by atoms with van der Waals surface area (Å²) in [5, 5.41) is 12.7. The molecule has 24 heavy (non-hydrogen) atoms. The maximum absolute atomic E-state index is 9.31. The number of nitrogens with two attached hydrogens (primary N) is 1. The molecule has 4 N–H and O–H groups in total. The van der Waals surface area contributed by atoms with Crippen LogP contribution in [0.4, 0.5) is 17.1 Å². The van der Waals surface area contributed by atoms with E-state index in [9.17, 15) is 5.11 Å². The summed E-state index contributed by atoms with van der Waals surface area (Å²) < 4.78 is 0. The Kier molecular flexibility index (Phi) is 4.49. The van der Waals surface area contributed by atoms with Gasteiger partial charge >= 0.3 is 0 Å². The first-order valence-corrected chi connectivity index (χ1v) is 7.86. The van der Waals surface area contributed by atoms with Gasteiger partial charge in [-0.05, 0) is 37.1 Å². The van der Waals surface area contributed by atoms with Gasteiger partial charge in [-0.1, -0.05) is 41.5 Å². The standard InChI is InChI=1S/C20H21N3O/c1-13-6-14(2)8-16(7-13)18-10-22-11-19(21)20(18)23-17-5-3-4-15(9-17)12-24/h3-11,24H,12,21H2,1-2H3,(H,22,23). The van der Waals surface area contributed by atoms with E-state index in [-0.39, 0.29) is 6.61 Å². The number of nitrogens with zero attached hydrogens (tertiary/aromatic N) is 1. The van der Waals surface area contributed by atoms with E-state index >= 15 is 0 Å². The highest BCUT2D eigenvalue weighted by Gasteiger charge is 2.11. The first-order chi connectivity index (χ1) is 11.6. The summed E-state index contributed by atoms with van der Waals surface area (Å²) in [5.41, 5.74) is 13.7. The Morgan fingerprint density at radius 2 is 1.79 bits per heavy atom. The first-order valence-electron chi connectivity index (χ1n) is 7.86. The summed E-state index contributed by atoms with van der Waals surface area (Å²) in [6, 6.07) is 14.0. The van der Waals surface area contributed by atoms with E-state index in [1.165, 1.54) is 11.1 Å². The molecule has 2 aromatic carbocycles. The van der Waals surface area contributed by atoms with Crippen LogP contribution >= 0.6 is 0 Å². The number of nitrogens with one attached hydrogen (secondary N) is 1. The van der Waals surface area contributed by atoms with Gasteiger partial charge < -0.3 is 16.2 Å². The summed E-state index contributed by atoms with van der Waals surface area (Å²) in [7, 11) is 0. The van der Waals surface area contributed by atoms with Crippen LogP contribution in [0, 0.1) is 13.8 Å². The van der Waals surface area contributed by atoms with Crippen LogP contribution in [0.15, 0.2) is 54.9 Å². The van der Waals surface area contributed by atoms with E-state index in [1.54, 1.807) is 6.20 Å². The molecule has 3 rings (SSSR count). The predicted molar refractivity (Wildman–Crippen MR) is 99.2 cm³/mol. The Balaban J connectivity index is 2.07. The van der Waals surface area contributed by atoms with Crippen molar-refractivity contribution in [2.45, 2.75) is 20.5 Å². The fourth-order valence-electron chi connectivity index (χ4n) is 2.86. The molecular formula is C20H21N3O. The summed E-state index contributed by atoms with van der Waals surface area (Å²) >= 11 is 0. The number of aliphatic hydroxyl groups is 1. The van der Waals surface area contributed by atoms with Crippen molar-refractivity contribution in [3.05, 3.63) is 71.5 Å². The number of anilines is 3. The minimum absolute atomic E-state index is 0.00524. The normalized spacial score (nSPS) is 10.6. The Labute approximate surface area is 142 Å². The molecule has 0 amide bonds. The third-order valence-electron chi connectivity index (χ3n) is 3.89. The Morgan fingerprint density at radius 3 is 2.50 bits per heavy atom. The van der Waals surface area contributed by atoms with Gasteiger partial charge in [0.05, 0.1) is 24.2 Å². The molecule has 1 heterocycles. The first kappa shape index (κ1) is 16.0. The van der Waals surface area contributed by atoms with Gasteiger partial charge in [-0.3, -0.25) is 4.98 Å². The molecule has 4 nitrogen and oxygen atoms in total. The largest absolute Gasteiger partial charge is 0.396 e. The zero-order valence-electron chi connectivity index (χ0n) is 13.9. The van der Waals surface area contributed by atoms with Crippen LogP contribution in [0.25, 0.3) is 11.1 Å². The highest BCUT2D eigenvalue weighted by atomic mass is 16.3. The molecule has 0 aliphatic heterocycles. The van der Waals surface area contributed by atoms with Crippen molar-refractivity contribution in [2.24, 2.45) is 0 Å². The van der Waals surface area contributed by atoms with Gasteiger partial charge in [0.25, 0.3) is 0 Å². The molecule has 3 aromatic rings. The van der Waals surface area contributed by atoms with E-state index < -0.39 is 0 Å². The number of aromatic nitrogens is 1. The summed E-state index contributed by atoms with van der Waals surface area (Å²) in [6.07, 6.45) is 3.47. The third kappa shape index (κ3) is 3.39. The van der Waals surface area contributed by atoms with Crippen molar-refractivity contribution in [2.75, 3.05) is 11.1 Å². The van der Waals surface area contributed by atoms with Gasteiger partial charge in [0.1, 0.15) is 0 Å². The number of pyridine rings is 1. The lowest BCUT2D eigenvalue weighted by Crippen LogP contribution is -2.00. The second-order valence-corrected chi connectivity index (χ2v) is 6.01. The lowest BCUT2D eigenvalue weighted by Gasteiger charge is -2.15. The van der Waals surface area contributed by atoms with Crippen LogP contribution < -0.4 is 11.1 Å². The number of aryl methyl sites for hydroxylation is 2. The maximum Gasteiger partial charge on any atom is 0.0746 e. The molecule has 1 aromatic heterocycles. The van der Waals surface area contributed by atoms with E-state index in [2.05, 4.69) is 42.3 Å². The quantitative estimate of drug-likeness (QED) is 0.674. The lowest BCUT2D eigenvalue weighted by atomic mass is 10.00. The zero-order valence-corrected chi connectivity index (χ0v) is 13.9. The molecule has 0 bridgehead atoms. The van der Waals surface area contributed by atoms with E-state index in [4.69, 9.17) is 5.73 Å². The van der Waals surface area contributed by atoms with Crippen LogP contribution in [-0.2, 0) is 6.61 Å². The Hall–Kier alpha value is -2.85. The molecule has 0 saturated carbocycles. The van der Waals surface area contributed by atoms with Gasteiger partial charge in [-0.25, -0.2) is 0 Å². The van der Waals surface area contributed by atoms with Crippen molar-refractivity contribution in [3.8, 4) is 11.1 Å². The summed E-state index contributed by atoms with van der Waals surface area (Å²) in [6.45, 7) is 4.16. The van der Waals surface area contributed by atoms with Gasteiger partial charge in [0, 0.05) is 17.4 Å². The van der Waals surface area contributed by atoms with E-state index in [1.807, 2.05) is 30.5 Å². The minimum Gasteiger partial charge on any atom is -0.396 e. The Morgan fingerprint density at radius 1 is 1.04 bits per heavy atom. The number of aliphatic hydroxyl groups excluding tert-OH is 1. The summed E-state index contributed by atoms with van der Waals surface area (Å²) in [4.78, 5) is 4.25. The summed E-state index contributed by atoms with van der Waals surface area (Å²) in [5.74, 6) is 0. The van der Waals surface area contributed by atoms with Crippen molar-refractivity contribution in [3.63, 3.8) is 0 Å². The highest BCUT2D eigenvalue weighted by Crippen LogP contribution is 2.35. The van der Waals surface area contributed by atoms with Crippen LogP contribution in [0.5, 0.6) is 0 Å². The molecular weight excluding hydrogens is 298 g/mol. The van der Waals surface area contributed by atoms with Gasteiger partial charge in [0.15, 0.2) is 0 Å². The van der Waals surface area contributed by atoms with Crippen LogP contribution in [-0.4, -0.2) is 10.1 Å². The number of hydrogen-bond acceptors (Lipinski definition) is 4. The predicted octanol–water partition coefficient (Wildman–Crippen LogP) is 4.18. The number of rotatable bonds is 4. The number of benzene rings is 2. The van der Waals surface area contributed by atoms with Crippen LogP contribution in [0.1, 0.15) is 16.7 Å². The molecule has 4 heteroatoms. The molecule has 0 unspecified atom stereocenters.